The average molecular weight is 293 g/mol. The van der Waals surface area contributed by atoms with Crippen molar-refractivity contribution in [1.29, 1.82) is 0 Å². The first-order valence-electron chi connectivity index (χ1n) is 5.03. The van der Waals surface area contributed by atoms with E-state index in [2.05, 4.69) is 10.3 Å². The quantitative estimate of drug-likeness (QED) is 0.794. The van der Waals surface area contributed by atoms with Gasteiger partial charge in [0.1, 0.15) is 26.4 Å². The summed E-state index contributed by atoms with van der Waals surface area (Å²) in [4.78, 5) is 14.8. The first-order chi connectivity index (χ1) is 8.19. The maximum atomic E-state index is 11.1. The van der Waals surface area contributed by atoms with Crippen molar-refractivity contribution in [2.75, 3.05) is 17.3 Å². The van der Waals surface area contributed by atoms with Gasteiger partial charge in [-0.1, -0.05) is 11.6 Å². The van der Waals surface area contributed by atoms with E-state index in [0.29, 0.717) is 0 Å². The lowest BCUT2D eigenvalue weighted by atomic mass is 10.2. The van der Waals surface area contributed by atoms with Crippen molar-refractivity contribution in [3.05, 3.63) is 22.8 Å². The summed E-state index contributed by atoms with van der Waals surface area (Å²) in [7, 11) is -3.16. The van der Waals surface area contributed by atoms with Crippen LogP contribution in [0.3, 0.4) is 0 Å². The summed E-state index contributed by atoms with van der Waals surface area (Å²) in [5.74, 6) is -1.22. The minimum absolute atomic E-state index is 0.0558. The summed E-state index contributed by atoms with van der Waals surface area (Å²) in [5.41, 5.74) is -0.0558. The van der Waals surface area contributed by atoms with Crippen molar-refractivity contribution in [2.45, 2.75) is 13.0 Å². The van der Waals surface area contributed by atoms with Crippen LogP contribution in [-0.2, 0) is 9.84 Å². The first-order valence-corrected chi connectivity index (χ1v) is 7.47. The van der Waals surface area contributed by atoms with E-state index in [4.69, 9.17) is 16.7 Å². The fourth-order valence-electron chi connectivity index (χ4n) is 1.45. The highest BCUT2D eigenvalue weighted by Gasteiger charge is 2.16. The Morgan fingerprint density at radius 1 is 1.56 bits per heavy atom. The lowest BCUT2D eigenvalue weighted by molar-refractivity contribution is 0.0697. The topological polar surface area (TPSA) is 96.4 Å². The van der Waals surface area contributed by atoms with E-state index in [0.717, 1.165) is 6.26 Å². The van der Waals surface area contributed by atoms with Crippen LogP contribution in [-0.4, -0.2) is 42.5 Å². The van der Waals surface area contributed by atoms with Crippen LogP contribution in [0.15, 0.2) is 12.1 Å². The minimum Gasteiger partial charge on any atom is -0.478 e. The summed E-state index contributed by atoms with van der Waals surface area (Å²) < 4.78 is 22.2. The highest BCUT2D eigenvalue weighted by molar-refractivity contribution is 7.90. The molecule has 18 heavy (non-hydrogen) atoms. The van der Waals surface area contributed by atoms with Gasteiger partial charge in [-0.25, -0.2) is 18.2 Å². The lowest BCUT2D eigenvalue weighted by Gasteiger charge is -2.15. The molecule has 2 N–H and O–H groups in total. The van der Waals surface area contributed by atoms with E-state index >= 15 is 0 Å². The predicted molar refractivity (Wildman–Crippen MR) is 69.0 cm³/mol. The summed E-state index contributed by atoms with van der Waals surface area (Å²) in [6.07, 6.45) is 1.11. The lowest BCUT2D eigenvalue weighted by Crippen LogP contribution is -2.26. The van der Waals surface area contributed by atoms with Gasteiger partial charge in [0.25, 0.3) is 0 Å². The van der Waals surface area contributed by atoms with Crippen LogP contribution in [0.4, 0.5) is 5.82 Å². The number of anilines is 1. The van der Waals surface area contributed by atoms with E-state index in [9.17, 15) is 13.2 Å². The van der Waals surface area contributed by atoms with Crippen LogP contribution in [0, 0.1) is 0 Å². The number of sulfone groups is 1. The van der Waals surface area contributed by atoms with E-state index < -0.39 is 21.8 Å². The second-order valence-electron chi connectivity index (χ2n) is 3.97. The van der Waals surface area contributed by atoms with Crippen molar-refractivity contribution in [2.24, 2.45) is 0 Å². The number of nitrogens with one attached hydrogen (secondary N) is 1. The number of halogens is 1. The van der Waals surface area contributed by atoms with Crippen LogP contribution in [0.2, 0.25) is 5.15 Å². The molecule has 0 aromatic carbocycles. The van der Waals surface area contributed by atoms with Gasteiger partial charge in [-0.05, 0) is 19.1 Å². The number of aromatic carboxylic acids is 1. The predicted octanol–water partition coefficient (Wildman–Crippen LogP) is 1.28. The molecule has 0 aliphatic heterocycles. The van der Waals surface area contributed by atoms with Gasteiger partial charge in [0, 0.05) is 12.3 Å². The molecule has 0 spiro atoms. The average Bonchev–Trinajstić information content (AvgIpc) is 2.13. The smallest absolute Gasteiger partial charge is 0.339 e. The molecule has 1 aromatic rings. The molecule has 0 saturated heterocycles. The Morgan fingerprint density at radius 3 is 2.67 bits per heavy atom. The Kier molecular flexibility index (Phi) is 4.53. The van der Waals surface area contributed by atoms with Crippen molar-refractivity contribution in [3.8, 4) is 0 Å². The molecule has 100 valence electrons. The van der Waals surface area contributed by atoms with Crippen LogP contribution in [0.1, 0.15) is 17.3 Å². The normalized spacial score (nSPS) is 13.1. The summed E-state index contributed by atoms with van der Waals surface area (Å²) in [5, 5.41) is 11.8. The number of aromatic nitrogens is 1. The molecule has 0 bridgehead atoms. The van der Waals surface area contributed by atoms with E-state index in [1.165, 1.54) is 12.1 Å². The molecule has 1 unspecified atom stereocenters. The fourth-order valence-corrected chi connectivity index (χ4v) is 2.59. The van der Waals surface area contributed by atoms with Gasteiger partial charge in [-0.2, -0.15) is 0 Å². The molecule has 0 aliphatic rings. The standard InChI is InChI=1S/C10H13ClN2O4S/c1-6(5-18(2,16)17)12-9-7(10(14)15)3-4-8(11)13-9/h3-4,6H,5H2,1-2H3,(H,12,13)(H,14,15). The molecule has 1 heterocycles. The minimum atomic E-state index is -3.16. The van der Waals surface area contributed by atoms with Crippen LogP contribution >= 0.6 is 11.6 Å². The molecule has 0 radical (unpaired) electrons. The van der Waals surface area contributed by atoms with E-state index in [1.54, 1.807) is 6.92 Å². The van der Waals surface area contributed by atoms with Gasteiger partial charge in [0.2, 0.25) is 0 Å². The molecule has 0 fully saturated rings. The van der Waals surface area contributed by atoms with Crippen molar-refractivity contribution in [1.82, 2.24) is 4.98 Å². The summed E-state index contributed by atoms with van der Waals surface area (Å²) in [6, 6.07) is 2.20. The molecule has 6 nitrogen and oxygen atoms in total. The van der Waals surface area contributed by atoms with Gasteiger partial charge in [-0.3, -0.25) is 0 Å². The molecule has 1 rings (SSSR count). The Morgan fingerprint density at radius 2 is 2.17 bits per heavy atom. The molecule has 0 aliphatic carbocycles. The molecular weight excluding hydrogens is 280 g/mol. The number of pyridine rings is 1. The number of carboxylic acid groups (broad SMARTS) is 1. The van der Waals surface area contributed by atoms with Gasteiger partial charge in [0.15, 0.2) is 0 Å². The second-order valence-corrected chi connectivity index (χ2v) is 6.55. The monoisotopic (exact) mass is 292 g/mol. The van der Waals surface area contributed by atoms with Crippen molar-refractivity contribution in [3.63, 3.8) is 0 Å². The zero-order valence-electron chi connectivity index (χ0n) is 9.84. The molecule has 1 atom stereocenters. The number of carboxylic acids is 1. The number of hydrogen-bond donors (Lipinski definition) is 2. The second kappa shape index (κ2) is 5.53. The van der Waals surface area contributed by atoms with Gasteiger partial charge in [0.05, 0.1) is 5.75 Å². The summed E-state index contributed by atoms with van der Waals surface area (Å²) in [6.45, 7) is 1.62. The molecule has 0 saturated carbocycles. The highest BCUT2D eigenvalue weighted by atomic mass is 35.5. The number of hydrogen-bond acceptors (Lipinski definition) is 5. The molecule has 1 aromatic heterocycles. The SMILES string of the molecule is CC(CS(C)(=O)=O)Nc1nc(Cl)ccc1C(=O)O. The number of rotatable bonds is 5. The molecular formula is C10H13ClN2O4S. The Balaban J connectivity index is 2.96. The Hall–Kier alpha value is -1.34. The largest absolute Gasteiger partial charge is 0.478 e. The van der Waals surface area contributed by atoms with Crippen LogP contribution in [0.5, 0.6) is 0 Å². The van der Waals surface area contributed by atoms with Crippen molar-refractivity contribution < 1.29 is 18.3 Å². The maximum Gasteiger partial charge on any atom is 0.339 e. The third-order valence-corrected chi connectivity index (χ3v) is 3.34. The highest BCUT2D eigenvalue weighted by Crippen LogP contribution is 2.17. The van der Waals surface area contributed by atoms with Crippen LogP contribution < -0.4 is 5.32 Å². The third-order valence-electron chi connectivity index (χ3n) is 2.03. The third kappa shape index (κ3) is 4.50. The van der Waals surface area contributed by atoms with Gasteiger partial charge >= 0.3 is 5.97 Å². The van der Waals surface area contributed by atoms with E-state index in [1.807, 2.05) is 0 Å². The molecule has 0 amide bonds. The first kappa shape index (κ1) is 14.7. The van der Waals surface area contributed by atoms with Gasteiger partial charge in [-0.15, -0.1) is 0 Å². The van der Waals surface area contributed by atoms with Gasteiger partial charge < -0.3 is 10.4 Å². The maximum absolute atomic E-state index is 11.1. The summed E-state index contributed by atoms with van der Waals surface area (Å²) >= 11 is 5.68. The molecule has 8 heteroatoms. The number of nitrogens with zero attached hydrogens (tertiary/aromatic N) is 1. The number of carbonyl (C=O) groups is 1. The van der Waals surface area contributed by atoms with Crippen molar-refractivity contribution >= 4 is 33.2 Å². The Bertz CT molecular complexity index is 559. The zero-order valence-corrected chi connectivity index (χ0v) is 11.4. The Labute approximate surface area is 110 Å². The zero-order chi connectivity index (χ0) is 13.9. The van der Waals surface area contributed by atoms with E-state index in [-0.39, 0.29) is 22.3 Å². The fraction of sp³-hybridized carbons (Fsp3) is 0.400. The van der Waals surface area contributed by atoms with Crippen LogP contribution in [0.25, 0.3) is 0 Å².